The van der Waals surface area contributed by atoms with Crippen molar-refractivity contribution in [1.82, 2.24) is 25.7 Å². The topological polar surface area (TPSA) is 116 Å². The van der Waals surface area contributed by atoms with Crippen molar-refractivity contribution in [3.8, 4) is 17.1 Å². The van der Waals surface area contributed by atoms with Crippen LogP contribution in [-0.4, -0.2) is 59.2 Å². The van der Waals surface area contributed by atoms with Crippen LogP contribution in [0.5, 0.6) is 5.75 Å². The Kier molecular flexibility index (Phi) is 4.89. The van der Waals surface area contributed by atoms with Crippen LogP contribution in [0.15, 0.2) is 28.8 Å². The predicted octanol–water partition coefficient (Wildman–Crippen LogP) is 1.17. The van der Waals surface area contributed by atoms with Gasteiger partial charge in [0.2, 0.25) is 17.6 Å². The lowest BCUT2D eigenvalue weighted by Crippen LogP contribution is -2.53. The Hall–Kier alpha value is -3.10. The highest BCUT2D eigenvalue weighted by molar-refractivity contribution is 5.80. The standard InChI is InChI=1S/C19H24N6O3/c1-27-14-4-2-13(3-5-14)17-22-15(28-24-17)6-7-16(26)25-10-8-19(9-11-25)12-21-18(20)23-19/h2-5H,6-12H2,1H3,(H3,20,21,23). The number of benzene rings is 1. The number of nitrogens with zero attached hydrogens (tertiary/aromatic N) is 3. The minimum Gasteiger partial charge on any atom is -0.497 e. The lowest BCUT2D eigenvalue weighted by Gasteiger charge is -2.38. The molecule has 0 saturated carbocycles. The molecule has 2 aliphatic heterocycles. The summed E-state index contributed by atoms with van der Waals surface area (Å²) in [5, 5.41) is 17.9. The number of guanidine groups is 1. The van der Waals surface area contributed by atoms with Gasteiger partial charge in [-0.15, -0.1) is 0 Å². The molecule has 28 heavy (non-hydrogen) atoms. The van der Waals surface area contributed by atoms with Crippen molar-refractivity contribution in [3.05, 3.63) is 30.2 Å². The molecule has 3 heterocycles. The van der Waals surface area contributed by atoms with Crippen LogP contribution in [0.3, 0.4) is 0 Å². The van der Waals surface area contributed by atoms with Crippen molar-refractivity contribution >= 4 is 11.9 Å². The van der Waals surface area contributed by atoms with Gasteiger partial charge in [0.15, 0.2) is 5.96 Å². The van der Waals surface area contributed by atoms with Crippen molar-refractivity contribution in [2.24, 2.45) is 0 Å². The lowest BCUT2D eigenvalue weighted by molar-refractivity contribution is -0.132. The Morgan fingerprint density at radius 2 is 2.07 bits per heavy atom. The van der Waals surface area contributed by atoms with E-state index in [-0.39, 0.29) is 11.4 Å². The van der Waals surface area contributed by atoms with Gasteiger partial charge in [0.25, 0.3) is 0 Å². The second-order valence-electron chi connectivity index (χ2n) is 7.25. The molecular formula is C19H24N6O3. The first-order valence-electron chi connectivity index (χ1n) is 9.42. The zero-order valence-electron chi connectivity index (χ0n) is 15.8. The number of ether oxygens (including phenoxy) is 1. The van der Waals surface area contributed by atoms with Crippen molar-refractivity contribution in [3.63, 3.8) is 0 Å². The SMILES string of the molecule is COc1ccc(-c2noc(CCC(=O)N3CCC4(CC3)CNC(=N)N4)n2)cc1. The normalized spacial score (nSPS) is 18.0. The third-order valence-corrected chi connectivity index (χ3v) is 5.44. The number of hydrogen-bond acceptors (Lipinski definition) is 6. The fourth-order valence-electron chi connectivity index (χ4n) is 3.68. The van der Waals surface area contributed by atoms with Crippen LogP contribution in [0.2, 0.25) is 0 Å². The second kappa shape index (κ2) is 7.49. The van der Waals surface area contributed by atoms with E-state index >= 15 is 0 Å². The molecule has 0 bridgehead atoms. The van der Waals surface area contributed by atoms with E-state index in [9.17, 15) is 4.79 Å². The maximum Gasteiger partial charge on any atom is 0.227 e. The highest BCUT2D eigenvalue weighted by Gasteiger charge is 2.39. The first kappa shape index (κ1) is 18.3. The molecule has 1 aromatic heterocycles. The summed E-state index contributed by atoms with van der Waals surface area (Å²) in [6.45, 7) is 2.15. The minimum atomic E-state index is -0.0758. The highest BCUT2D eigenvalue weighted by Crippen LogP contribution is 2.25. The number of hydrogen-bond donors (Lipinski definition) is 3. The number of aryl methyl sites for hydroxylation is 1. The Morgan fingerprint density at radius 3 is 2.71 bits per heavy atom. The van der Waals surface area contributed by atoms with Gasteiger partial charge in [0.05, 0.1) is 12.6 Å². The highest BCUT2D eigenvalue weighted by atomic mass is 16.5. The smallest absolute Gasteiger partial charge is 0.227 e. The molecule has 1 spiro atoms. The molecule has 148 valence electrons. The third-order valence-electron chi connectivity index (χ3n) is 5.44. The summed E-state index contributed by atoms with van der Waals surface area (Å²) in [4.78, 5) is 18.8. The van der Waals surface area contributed by atoms with Crippen molar-refractivity contribution in [1.29, 1.82) is 5.41 Å². The summed E-state index contributed by atoms with van der Waals surface area (Å²) in [7, 11) is 1.62. The molecule has 3 N–H and O–H groups in total. The van der Waals surface area contributed by atoms with Crippen molar-refractivity contribution in [2.75, 3.05) is 26.7 Å². The van der Waals surface area contributed by atoms with E-state index in [0.29, 0.717) is 43.6 Å². The zero-order chi connectivity index (χ0) is 19.6. The maximum absolute atomic E-state index is 12.5. The van der Waals surface area contributed by atoms with Gasteiger partial charge >= 0.3 is 0 Å². The third kappa shape index (κ3) is 3.78. The lowest BCUT2D eigenvalue weighted by atomic mass is 9.88. The van der Waals surface area contributed by atoms with E-state index in [1.54, 1.807) is 7.11 Å². The molecule has 0 atom stereocenters. The Balaban J connectivity index is 1.28. The Bertz CT molecular complexity index is 855. The number of likely N-dealkylation sites (tertiary alicyclic amines) is 1. The molecule has 0 radical (unpaired) electrons. The molecule has 2 aliphatic rings. The number of rotatable bonds is 5. The van der Waals surface area contributed by atoms with Gasteiger partial charge in [-0.2, -0.15) is 4.98 Å². The van der Waals surface area contributed by atoms with Gasteiger partial charge in [-0.3, -0.25) is 10.2 Å². The quantitative estimate of drug-likeness (QED) is 0.708. The molecule has 2 fully saturated rings. The molecule has 4 rings (SSSR count). The Morgan fingerprint density at radius 1 is 1.32 bits per heavy atom. The van der Waals surface area contributed by atoms with Gasteiger partial charge in [-0.05, 0) is 37.1 Å². The van der Waals surface area contributed by atoms with Crippen LogP contribution >= 0.6 is 0 Å². The van der Waals surface area contributed by atoms with E-state index in [1.807, 2.05) is 29.2 Å². The molecule has 9 nitrogen and oxygen atoms in total. The van der Waals surface area contributed by atoms with Crippen molar-refractivity contribution in [2.45, 2.75) is 31.2 Å². The first-order valence-corrected chi connectivity index (χ1v) is 9.42. The summed E-state index contributed by atoms with van der Waals surface area (Å²) >= 11 is 0. The monoisotopic (exact) mass is 384 g/mol. The largest absolute Gasteiger partial charge is 0.497 e. The van der Waals surface area contributed by atoms with Gasteiger partial charge < -0.3 is 24.8 Å². The number of methoxy groups -OCH3 is 1. The van der Waals surface area contributed by atoms with Gasteiger partial charge in [0.1, 0.15) is 5.75 Å². The molecular weight excluding hydrogens is 360 g/mol. The maximum atomic E-state index is 12.5. The van der Waals surface area contributed by atoms with Crippen LogP contribution in [-0.2, 0) is 11.2 Å². The summed E-state index contributed by atoms with van der Waals surface area (Å²) in [5.74, 6) is 2.21. The fraction of sp³-hybridized carbons (Fsp3) is 0.474. The van der Waals surface area contributed by atoms with Gasteiger partial charge in [-0.1, -0.05) is 5.16 Å². The van der Waals surface area contributed by atoms with Crippen LogP contribution < -0.4 is 15.4 Å². The molecule has 1 aromatic carbocycles. The Labute approximate surface area is 162 Å². The summed E-state index contributed by atoms with van der Waals surface area (Å²) in [6.07, 6.45) is 2.46. The molecule has 2 saturated heterocycles. The minimum absolute atomic E-state index is 0.0758. The first-order chi connectivity index (χ1) is 13.6. The summed E-state index contributed by atoms with van der Waals surface area (Å²) in [6, 6.07) is 7.42. The van der Waals surface area contributed by atoms with E-state index in [1.165, 1.54) is 0 Å². The number of nitrogens with one attached hydrogen (secondary N) is 3. The van der Waals surface area contributed by atoms with Crippen LogP contribution in [0.1, 0.15) is 25.2 Å². The number of piperidine rings is 1. The molecule has 1 amide bonds. The summed E-state index contributed by atoms with van der Waals surface area (Å²) < 4.78 is 10.4. The number of aromatic nitrogens is 2. The van der Waals surface area contributed by atoms with E-state index in [4.69, 9.17) is 14.7 Å². The number of carbonyl (C=O) groups is 1. The molecule has 9 heteroatoms. The van der Waals surface area contributed by atoms with E-state index in [2.05, 4.69) is 20.8 Å². The molecule has 0 unspecified atom stereocenters. The van der Waals surface area contributed by atoms with Crippen LogP contribution in [0.4, 0.5) is 0 Å². The average Bonchev–Trinajstić information content (AvgIpc) is 3.34. The number of carbonyl (C=O) groups excluding carboxylic acids is 1. The van der Waals surface area contributed by atoms with Crippen LogP contribution in [0, 0.1) is 5.41 Å². The van der Waals surface area contributed by atoms with Gasteiger partial charge in [-0.25, -0.2) is 0 Å². The van der Waals surface area contributed by atoms with Gasteiger partial charge in [0, 0.05) is 38.0 Å². The fourth-order valence-corrected chi connectivity index (χ4v) is 3.68. The second-order valence-corrected chi connectivity index (χ2v) is 7.25. The number of amides is 1. The zero-order valence-corrected chi connectivity index (χ0v) is 15.8. The molecule has 2 aromatic rings. The molecule has 0 aliphatic carbocycles. The average molecular weight is 384 g/mol. The predicted molar refractivity (Wildman–Crippen MR) is 102 cm³/mol. The van der Waals surface area contributed by atoms with Crippen LogP contribution in [0.25, 0.3) is 11.4 Å². The summed E-state index contributed by atoms with van der Waals surface area (Å²) in [5.41, 5.74) is 0.764. The van der Waals surface area contributed by atoms with Crippen molar-refractivity contribution < 1.29 is 14.1 Å². The van der Waals surface area contributed by atoms with E-state index in [0.717, 1.165) is 30.7 Å². The van der Waals surface area contributed by atoms with E-state index < -0.39 is 0 Å².